The number of fused-ring (bicyclic) bond motifs is 1. The molecule has 33 heavy (non-hydrogen) atoms. The van der Waals surface area contributed by atoms with Gasteiger partial charge in [-0.15, -0.1) is 4.36 Å². The number of ether oxygens (including phenoxy) is 1. The molecule has 5 rings (SSSR count). The Morgan fingerprint density at radius 3 is 1.94 bits per heavy atom. The van der Waals surface area contributed by atoms with E-state index in [2.05, 4.69) is 14.3 Å². The molecule has 0 bridgehead atoms. The summed E-state index contributed by atoms with van der Waals surface area (Å²) in [5.41, 5.74) is 1.22. The molecule has 1 unspecified atom stereocenters. The summed E-state index contributed by atoms with van der Waals surface area (Å²) in [5, 5.41) is 0. The number of para-hydroxylation sites is 3. The van der Waals surface area contributed by atoms with Crippen LogP contribution in [0, 0.1) is 0 Å². The van der Waals surface area contributed by atoms with Crippen LogP contribution in [0.15, 0.2) is 119 Å². The molecular formula is C25H19N4O3S+. The Morgan fingerprint density at radius 1 is 0.727 bits per heavy atom. The van der Waals surface area contributed by atoms with Crippen molar-refractivity contribution in [2.24, 2.45) is 4.36 Å². The molecule has 5 aromatic rings. The third kappa shape index (κ3) is 4.57. The van der Waals surface area contributed by atoms with Gasteiger partial charge in [0.15, 0.2) is 10.0 Å². The van der Waals surface area contributed by atoms with Crippen molar-refractivity contribution in [3.8, 4) is 17.3 Å². The average Bonchev–Trinajstić information content (AvgIpc) is 2.85. The molecule has 0 aliphatic heterocycles. The first-order chi connectivity index (χ1) is 16.1. The van der Waals surface area contributed by atoms with E-state index in [1.54, 1.807) is 65.5 Å². The van der Waals surface area contributed by atoms with Crippen molar-refractivity contribution in [3.63, 3.8) is 0 Å². The van der Waals surface area contributed by atoms with E-state index in [4.69, 9.17) is 4.74 Å². The normalized spacial score (nSPS) is 12.8. The summed E-state index contributed by atoms with van der Waals surface area (Å²) in [6.07, 6.45) is 3.50. The van der Waals surface area contributed by atoms with Gasteiger partial charge in [-0.2, -0.15) is 4.57 Å². The minimum absolute atomic E-state index is 0.0618. The molecule has 0 aliphatic rings. The SMILES string of the molecule is O=S(O)(=Nc1nc2ccccc2nc1-[n+]1ccc(Oc2ccccc2)cc1)c1ccccc1. The maximum Gasteiger partial charge on any atom is 0.374 e. The molecule has 1 atom stereocenters. The van der Waals surface area contributed by atoms with Crippen LogP contribution >= 0.6 is 0 Å². The van der Waals surface area contributed by atoms with Gasteiger partial charge in [-0.25, -0.2) is 9.19 Å². The second-order valence-corrected chi connectivity index (χ2v) is 8.76. The minimum atomic E-state index is -3.73. The van der Waals surface area contributed by atoms with Crippen LogP contribution in [0.3, 0.4) is 0 Å². The molecule has 0 saturated carbocycles. The van der Waals surface area contributed by atoms with Gasteiger partial charge >= 0.3 is 5.82 Å². The van der Waals surface area contributed by atoms with Crippen LogP contribution < -0.4 is 9.30 Å². The lowest BCUT2D eigenvalue weighted by Gasteiger charge is -2.06. The molecule has 8 heteroatoms. The first-order valence-electron chi connectivity index (χ1n) is 10.1. The Balaban J connectivity index is 1.60. The summed E-state index contributed by atoms with van der Waals surface area (Å²) >= 11 is 0. The Kier molecular flexibility index (Phi) is 5.52. The average molecular weight is 456 g/mol. The summed E-state index contributed by atoms with van der Waals surface area (Å²) in [5.74, 6) is 1.75. The summed E-state index contributed by atoms with van der Waals surface area (Å²) in [6, 6.07) is 28.6. The fourth-order valence-electron chi connectivity index (χ4n) is 3.23. The summed E-state index contributed by atoms with van der Waals surface area (Å²) in [6.45, 7) is 0. The van der Waals surface area contributed by atoms with Gasteiger partial charge in [0, 0.05) is 12.1 Å². The number of rotatable bonds is 5. The smallest absolute Gasteiger partial charge is 0.374 e. The zero-order valence-electron chi connectivity index (χ0n) is 17.4. The number of nitrogens with zero attached hydrogens (tertiary/aromatic N) is 4. The maximum atomic E-state index is 13.0. The maximum absolute atomic E-state index is 13.0. The lowest BCUT2D eigenvalue weighted by Crippen LogP contribution is -2.31. The molecule has 3 aromatic carbocycles. The predicted octanol–water partition coefficient (Wildman–Crippen LogP) is 5.33. The summed E-state index contributed by atoms with van der Waals surface area (Å²) in [7, 11) is -3.73. The highest BCUT2D eigenvalue weighted by Gasteiger charge is 2.22. The van der Waals surface area contributed by atoms with Crippen molar-refractivity contribution >= 4 is 26.9 Å². The highest BCUT2D eigenvalue weighted by molar-refractivity contribution is 7.88. The van der Waals surface area contributed by atoms with Crippen LogP contribution in [0.2, 0.25) is 0 Å². The largest absolute Gasteiger partial charge is 0.457 e. The molecule has 7 nitrogen and oxygen atoms in total. The zero-order valence-corrected chi connectivity index (χ0v) is 18.2. The van der Waals surface area contributed by atoms with E-state index in [1.807, 2.05) is 48.5 Å². The number of hydrogen-bond donors (Lipinski definition) is 1. The predicted molar refractivity (Wildman–Crippen MR) is 125 cm³/mol. The standard InChI is InChI=1S/C25H18N4O3S/c30-33(31,21-11-5-2-6-12-21)28-24-25(27-23-14-8-7-13-22(23)26-24)29-17-15-20(16-18-29)32-19-9-3-1-4-10-19/h1-18H/p+1. The van der Waals surface area contributed by atoms with E-state index in [1.165, 1.54) is 0 Å². The second-order valence-electron chi connectivity index (χ2n) is 7.12. The topological polar surface area (TPSA) is 88.5 Å². The molecule has 162 valence electrons. The van der Waals surface area contributed by atoms with Gasteiger partial charge in [0.1, 0.15) is 17.0 Å². The third-order valence-electron chi connectivity index (χ3n) is 4.82. The van der Waals surface area contributed by atoms with Crippen LogP contribution in [0.5, 0.6) is 11.5 Å². The zero-order chi connectivity index (χ0) is 22.7. The monoisotopic (exact) mass is 455 g/mol. The van der Waals surface area contributed by atoms with Crippen LogP contribution in [0.1, 0.15) is 0 Å². The highest BCUT2D eigenvalue weighted by atomic mass is 32.2. The van der Waals surface area contributed by atoms with Gasteiger partial charge in [0.25, 0.3) is 5.82 Å². The van der Waals surface area contributed by atoms with E-state index < -0.39 is 10.0 Å². The Morgan fingerprint density at radius 2 is 1.27 bits per heavy atom. The number of pyridine rings is 1. The van der Waals surface area contributed by atoms with Crippen molar-refractivity contribution in [2.45, 2.75) is 4.90 Å². The first kappa shape index (κ1) is 20.7. The van der Waals surface area contributed by atoms with Gasteiger partial charge in [0.05, 0.1) is 17.3 Å². The van der Waals surface area contributed by atoms with E-state index in [-0.39, 0.29) is 10.7 Å². The minimum Gasteiger partial charge on any atom is -0.457 e. The van der Waals surface area contributed by atoms with Crippen LogP contribution in [0.4, 0.5) is 5.82 Å². The molecule has 2 heterocycles. The van der Waals surface area contributed by atoms with Crippen molar-refractivity contribution in [1.82, 2.24) is 9.97 Å². The van der Waals surface area contributed by atoms with E-state index in [0.717, 1.165) is 5.75 Å². The van der Waals surface area contributed by atoms with Crippen molar-refractivity contribution in [1.29, 1.82) is 0 Å². The first-order valence-corrected chi connectivity index (χ1v) is 11.6. The van der Waals surface area contributed by atoms with Gasteiger partial charge < -0.3 is 4.74 Å². The van der Waals surface area contributed by atoms with Gasteiger partial charge in [-0.1, -0.05) is 48.5 Å². The van der Waals surface area contributed by atoms with Crippen LogP contribution in [-0.2, 0) is 10.0 Å². The van der Waals surface area contributed by atoms with Gasteiger partial charge in [-0.05, 0) is 41.4 Å². The van der Waals surface area contributed by atoms with E-state index in [9.17, 15) is 8.76 Å². The molecule has 0 radical (unpaired) electrons. The molecule has 0 spiro atoms. The fourth-order valence-corrected chi connectivity index (χ4v) is 4.20. The lowest BCUT2D eigenvalue weighted by molar-refractivity contribution is -0.598. The molecule has 0 aliphatic carbocycles. The Labute approximate surface area is 191 Å². The quantitative estimate of drug-likeness (QED) is 0.362. The highest BCUT2D eigenvalue weighted by Crippen LogP contribution is 2.24. The van der Waals surface area contributed by atoms with E-state index in [0.29, 0.717) is 22.6 Å². The molecular weight excluding hydrogens is 436 g/mol. The molecule has 1 N–H and O–H groups in total. The second kappa shape index (κ2) is 8.78. The summed E-state index contributed by atoms with van der Waals surface area (Å²) in [4.78, 5) is 9.39. The van der Waals surface area contributed by atoms with E-state index >= 15 is 0 Å². The molecule has 2 aromatic heterocycles. The molecule has 0 amide bonds. The van der Waals surface area contributed by atoms with Gasteiger partial charge in [-0.3, -0.25) is 4.55 Å². The number of benzene rings is 3. The summed E-state index contributed by atoms with van der Waals surface area (Å²) < 4.78 is 35.4. The van der Waals surface area contributed by atoms with Crippen molar-refractivity contribution < 1.29 is 18.1 Å². The van der Waals surface area contributed by atoms with Crippen LogP contribution in [0.25, 0.3) is 16.9 Å². The third-order valence-corrected chi connectivity index (χ3v) is 6.12. The van der Waals surface area contributed by atoms with Crippen molar-refractivity contribution in [3.05, 3.63) is 109 Å². The molecule has 0 saturated heterocycles. The van der Waals surface area contributed by atoms with Gasteiger partial charge in [0.2, 0.25) is 5.52 Å². The number of aromatic nitrogens is 3. The number of hydrogen-bond acceptors (Lipinski definition) is 5. The lowest BCUT2D eigenvalue weighted by atomic mass is 10.3. The fraction of sp³-hybridized carbons (Fsp3) is 0. The molecule has 0 fully saturated rings. The Hall–Kier alpha value is -4.14. The van der Waals surface area contributed by atoms with Crippen molar-refractivity contribution in [2.75, 3.05) is 0 Å². The van der Waals surface area contributed by atoms with Crippen LogP contribution in [-0.4, -0.2) is 18.7 Å². The Bertz CT molecular complexity index is 1530.